The summed E-state index contributed by atoms with van der Waals surface area (Å²) in [6.07, 6.45) is 4.87. The first-order valence-electron chi connectivity index (χ1n) is 8.92. The van der Waals surface area contributed by atoms with E-state index < -0.39 is 0 Å². The highest BCUT2D eigenvalue weighted by atomic mass is 16.2. The highest BCUT2D eigenvalue weighted by Crippen LogP contribution is 2.29. The molecular weight excluding hydrogens is 330 g/mol. The minimum Gasteiger partial charge on any atom is -0.340 e. The van der Waals surface area contributed by atoms with Crippen molar-refractivity contribution in [3.05, 3.63) is 48.0 Å². The molecule has 0 radical (unpaired) electrons. The van der Waals surface area contributed by atoms with Crippen molar-refractivity contribution in [3.8, 4) is 0 Å². The molecule has 0 aliphatic carbocycles. The van der Waals surface area contributed by atoms with Crippen molar-refractivity contribution in [1.82, 2.24) is 14.5 Å². The van der Waals surface area contributed by atoms with Crippen molar-refractivity contribution >= 4 is 17.5 Å². The summed E-state index contributed by atoms with van der Waals surface area (Å²) >= 11 is 0. The number of benzene rings is 1. The van der Waals surface area contributed by atoms with Gasteiger partial charge >= 0.3 is 0 Å². The van der Waals surface area contributed by atoms with Crippen LogP contribution in [-0.4, -0.2) is 51.9 Å². The van der Waals surface area contributed by atoms with Crippen molar-refractivity contribution in [3.63, 3.8) is 0 Å². The SMILES string of the molecule is Cn1cnc([C@@H]2CN(C(=O)CN3C(=O)CCc4ccccc43)C[C@H]2N)c1. The van der Waals surface area contributed by atoms with Crippen LogP contribution in [0.5, 0.6) is 0 Å². The summed E-state index contributed by atoms with van der Waals surface area (Å²) < 4.78 is 1.88. The molecule has 0 unspecified atom stereocenters. The number of carbonyl (C=O) groups excluding carboxylic acids is 2. The maximum atomic E-state index is 12.8. The van der Waals surface area contributed by atoms with E-state index in [4.69, 9.17) is 5.73 Å². The summed E-state index contributed by atoms with van der Waals surface area (Å²) in [6.45, 7) is 1.10. The smallest absolute Gasteiger partial charge is 0.242 e. The van der Waals surface area contributed by atoms with E-state index in [9.17, 15) is 9.59 Å². The molecule has 2 aromatic rings. The molecule has 1 aromatic carbocycles. The molecule has 2 aliphatic heterocycles. The molecule has 0 spiro atoms. The number of hydrogen-bond donors (Lipinski definition) is 1. The van der Waals surface area contributed by atoms with Gasteiger partial charge in [-0.05, 0) is 18.1 Å². The van der Waals surface area contributed by atoms with Crippen LogP contribution in [0.3, 0.4) is 0 Å². The molecule has 2 amide bonds. The Bertz CT molecular complexity index is 846. The zero-order chi connectivity index (χ0) is 18.3. The maximum absolute atomic E-state index is 12.8. The molecule has 1 saturated heterocycles. The third-order valence-corrected chi connectivity index (χ3v) is 5.31. The highest BCUT2D eigenvalue weighted by Gasteiger charge is 2.36. The Morgan fingerprint density at radius 1 is 1.27 bits per heavy atom. The van der Waals surface area contributed by atoms with Crippen LogP contribution in [0, 0.1) is 0 Å². The lowest BCUT2D eigenvalue weighted by Gasteiger charge is -2.30. The molecule has 26 heavy (non-hydrogen) atoms. The quantitative estimate of drug-likeness (QED) is 0.878. The zero-order valence-corrected chi connectivity index (χ0v) is 14.8. The number of likely N-dealkylation sites (tertiary alicyclic amines) is 1. The Morgan fingerprint density at radius 3 is 2.85 bits per heavy atom. The van der Waals surface area contributed by atoms with Gasteiger partial charge in [-0.15, -0.1) is 0 Å². The second kappa shape index (κ2) is 6.57. The number of amides is 2. The van der Waals surface area contributed by atoms with Crippen LogP contribution in [0.4, 0.5) is 5.69 Å². The Balaban J connectivity index is 1.48. The van der Waals surface area contributed by atoms with E-state index >= 15 is 0 Å². The molecule has 7 heteroatoms. The lowest BCUT2D eigenvalue weighted by molar-refractivity contribution is -0.130. The van der Waals surface area contributed by atoms with Gasteiger partial charge in [0.1, 0.15) is 6.54 Å². The van der Waals surface area contributed by atoms with Crippen molar-refractivity contribution in [2.45, 2.75) is 24.8 Å². The number of rotatable bonds is 3. The molecule has 2 aliphatic rings. The number of fused-ring (bicyclic) bond motifs is 1. The van der Waals surface area contributed by atoms with E-state index in [2.05, 4.69) is 4.98 Å². The fraction of sp³-hybridized carbons (Fsp3) is 0.421. The van der Waals surface area contributed by atoms with Crippen LogP contribution in [0.2, 0.25) is 0 Å². The molecular formula is C19H23N5O2. The average Bonchev–Trinajstić information content (AvgIpc) is 3.23. The van der Waals surface area contributed by atoms with Crippen LogP contribution in [0.15, 0.2) is 36.8 Å². The summed E-state index contributed by atoms with van der Waals surface area (Å²) in [5.41, 5.74) is 9.14. The molecule has 2 atom stereocenters. The maximum Gasteiger partial charge on any atom is 0.242 e. The fourth-order valence-electron chi connectivity index (χ4n) is 3.88. The van der Waals surface area contributed by atoms with Gasteiger partial charge in [-0.3, -0.25) is 9.59 Å². The number of para-hydroxylation sites is 1. The van der Waals surface area contributed by atoms with Crippen molar-refractivity contribution in [2.75, 3.05) is 24.5 Å². The number of anilines is 1. The Morgan fingerprint density at radius 2 is 2.08 bits per heavy atom. The second-order valence-electron chi connectivity index (χ2n) is 7.14. The number of aryl methyl sites for hydroxylation is 2. The van der Waals surface area contributed by atoms with E-state index in [1.54, 1.807) is 16.1 Å². The molecule has 2 N–H and O–H groups in total. The molecule has 0 bridgehead atoms. The molecule has 1 fully saturated rings. The predicted octanol–water partition coefficient (Wildman–Crippen LogP) is 0.653. The summed E-state index contributed by atoms with van der Waals surface area (Å²) in [6, 6.07) is 7.65. The van der Waals surface area contributed by atoms with E-state index in [1.165, 1.54) is 0 Å². The molecule has 7 nitrogen and oxygen atoms in total. The van der Waals surface area contributed by atoms with Gasteiger partial charge in [0.15, 0.2) is 0 Å². The standard InChI is InChI=1S/C19H23N5O2/c1-22-10-16(21-12-22)14-8-23(9-15(14)20)19(26)11-24-17-5-3-2-4-13(17)6-7-18(24)25/h2-5,10,12,14-15H,6-9,11,20H2,1H3/t14-,15-/m1/s1. The Hall–Kier alpha value is -2.67. The summed E-state index contributed by atoms with van der Waals surface area (Å²) in [7, 11) is 1.92. The first kappa shape index (κ1) is 16.8. The number of imidazole rings is 1. The lowest BCUT2D eigenvalue weighted by Crippen LogP contribution is -2.44. The Kier molecular flexibility index (Phi) is 4.24. The first-order chi connectivity index (χ1) is 12.5. The van der Waals surface area contributed by atoms with Gasteiger partial charge in [0.2, 0.25) is 11.8 Å². The molecule has 136 valence electrons. The minimum absolute atomic E-state index is 0.00169. The van der Waals surface area contributed by atoms with Crippen molar-refractivity contribution in [2.24, 2.45) is 12.8 Å². The molecule has 1 aromatic heterocycles. The van der Waals surface area contributed by atoms with E-state index in [0.29, 0.717) is 19.5 Å². The predicted molar refractivity (Wildman–Crippen MR) is 97.6 cm³/mol. The largest absolute Gasteiger partial charge is 0.340 e. The van der Waals surface area contributed by atoms with Gasteiger partial charge in [0.05, 0.1) is 12.0 Å². The Labute approximate surface area is 152 Å². The number of nitrogens with two attached hydrogens (primary N) is 1. The highest BCUT2D eigenvalue weighted by molar-refractivity contribution is 6.01. The number of carbonyl (C=O) groups is 2. The van der Waals surface area contributed by atoms with Gasteiger partial charge in [-0.2, -0.15) is 0 Å². The van der Waals surface area contributed by atoms with E-state index in [1.807, 2.05) is 42.1 Å². The lowest BCUT2D eigenvalue weighted by atomic mass is 10.0. The molecule has 4 rings (SSSR count). The van der Waals surface area contributed by atoms with Gasteiger partial charge < -0.3 is 20.1 Å². The van der Waals surface area contributed by atoms with Crippen molar-refractivity contribution in [1.29, 1.82) is 0 Å². The van der Waals surface area contributed by atoms with E-state index in [-0.39, 0.29) is 30.3 Å². The summed E-state index contributed by atoms with van der Waals surface area (Å²) in [5, 5.41) is 0. The molecule has 0 saturated carbocycles. The number of nitrogens with zero attached hydrogens (tertiary/aromatic N) is 4. The third kappa shape index (κ3) is 2.99. The topological polar surface area (TPSA) is 84.5 Å². The van der Waals surface area contributed by atoms with Gasteiger partial charge in [-0.25, -0.2) is 4.98 Å². The first-order valence-corrected chi connectivity index (χ1v) is 8.92. The van der Waals surface area contributed by atoms with Crippen molar-refractivity contribution < 1.29 is 9.59 Å². The molecule has 3 heterocycles. The summed E-state index contributed by atoms with van der Waals surface area (Å²) in [4.78, 5) is 33.0. The van der Waals surface area contributed by atoms with Crippen LogP contribution < -0.4 is 10.6 Å². The minimum atomic E-state index is -0.141. The van der Waals surface area contributed by atoms with Crippen LogP contribution in [-0.2, 0) is 23.1 Å². The normalized spacial score (nSPS) is 22.6. The average molecular weight is 353 g/mol. The van der Waals surface area contributed by atoms with Crippen LogP contribution in [0.25, 0.3) is 0 Å². The van der Waals surface area contributed by atoms with E-state index in [0.717, 1.165) is 23.4 Å². The monoisotopic (exact) mass is 353 g/mol. The van der Waals surface area contributed by atoms with Gasteiger partial charge in [0, 0.05) is 50.4 Å². The summed E-state index contributed by atoms with van der Waals surface area (Å²) in [5.74, 6) is -0.0322. The zero-order valence-electron chi connectivity index (χ0n) is 14.8. The van der Waals surface area contributed by atoms with Crippen LogP contribution in [0.1, 0.15) is 23.6 Å². The fourth-order valence-corrected chi connectivity index (χ4v) is 3.88. The number of aromatic nitrogens is 2. The van der Waals surface area contributed by atoms with Crippen LogP contribution >= 0.6 is 0 Å². The number of hydrogen-bond acceptors (Lipinski definition) is 4. The third-order valence-electron chi connectivity index (χ3n) is 5.31. The van der Waals surface area contributed by atoms with Gasteiger partial charge in [0.25, 0.3) is 0 Å². The second-order valence-corrected chi connectivity index (χ2v) is 7.14. The van der Waals surface area contributed by atoms with Gasteiger partial charge in [-0.1, -0.05) is 18.2 Å².